The summed E-state index contributed by atoms with van der Waals surface area (Å²) in [6, 6.07) is 1.24. The maximum absolute atomic E-state index is 11.5. The molecule has 7 heteroatoms. The number of nitrogens with one attached hydrogen (secondary N) is 1. The Morgan fingerprint density at radius 1 is 1.73 bits per heavy atom. The summed E-state index contributed by atoms with van der Waals surface area (Å²) in [5.41, 5.74) is -0.204. The molecule has 1 rings (SSSR count). The number of aromatic nitrogens is 2. The number of nitrogens with zero attached hydrogens (tertiary/aromatic N) is 1. The van der Waals surface area contributed by atoms with Crippen molar-refractivity contribution in [1.29, 1.82) is 0 Å². The zero-order chi connectivity index (χ0) is 11.7. The third-order valence-corrected chi connectivity index (χ3v) is 1.08. The van der Waals surface area contributed by atoms with Crippen molar-refractivity contribution in [2.75, 3.05) is 7.11 Å². The monoisotopic (exact) mass is 220 g/mol. The van der Waals surface area contributed by atoms with E-state index >= 15 is 0 Å². The predicted molar refractivity (Wildman–Crippen MR) is 46.8 cm³/mol. The summed E-state index contributed by atoms with van der Waals surface area (Å²) >= 11 is 0. The highest BCUT2D eigenvalue weighted by atomic mass is 19.3. The molecule has 84 valence electrons. The van der Waals surface area contributed by atoms with E-state index in [0.717, 1.165) is 6.08 Å². The Kier molecular flexibility index (Phi) is 6.73. The SMILES string of the molecule is C=CC(=O)OOC.FC(F)c1cc[nH]n1. The van der Waals surface area contributed by atoms with Crippen molar-refractivity contribution in [2.24, 2.45) is 0 Å². The van der Waals surface area contributed by atoms with Gasteiger partial charge in [0.1, 0.15) is 5.69 Å². The number of rotatable bonds is 3. The van der Waals surface area contributed by atoms with E-state index in [1.807, 2.05) is 0 Å². The van der Waals surface area contributed by atoms with E-state index in [-0.39, 0.29) is 5.69 Å². The molecule has 0 fully saturated rings. The van der Waals surface area contributed by atoms with Crippen LogP contribution in [-0.2, 0) is 14.6 Å². The molecular weight excluding hydrogens is 210 g/mol. The van der Waals surface area contributed by atoms with Crippen molar-refractivity contribution in [1.82, 2.24) is 10.2 Å². The van der Waals surface area contributed by atoms with Gasteiger partial charge in [0.2, 0.25) is 0 Å². The van der Waals surface area contributed by atoms with Gasteiger partial charge in [0.25, 0.3) is 6.43 Å². The van der Waals surface area contributed by atoms with Gasteiger partial charge in [-0.3, -0.25) is 9.99 Å². The second-order valence-corrected chi connectivity index (χ2v) is 2.07. The first kappa shape index (κ1) is 13.2. The summed E-state index contributed by atoms with van der Waals surface area (Å²) in [7, 11) is 1.25. The van der Waals surface area contributed by atoms with Crippen LogP contribution >= 0.6 is 0 Å². The minimum Gasteiger partial charge on any atom is -0.294 e. The zero-order valence-electron chi connectivity index (χ0n) is 7.94. The molecule has 0 unspecified atom stereocenters. The number of carbonyl (C=O) groups excluding carboxylic acids is 1. The summed E-state index contributed by atoms with van der Waals surface area (Å²) in [6.45, 7) is 3.12. The van der Waals surface area contributed by atoms with Crippen LogP contribution in [0.2, 0.25) is 0 Å². The quantitative estimate of drug-likeness (QED) is 0.477. The fraction of sp³-hybridized carbons (Fsp3) is 0.250. The molecule has 1 aromatic rings. The second kappa shape index (κ2) is 7.63. The number of hydrogen-bond acceptors (Lipinski definition) is 4. The Morgan fingerprint density at radius 3 is 2.60 bits per heavy atom. The molecule has 0 aliphatic carbocycles. The molecule has 0 aromatic carbocycles. The highest BCUT2D eigenvalue weighted by Gasteiger charge is 2.06. The number of aromatic amines is 1. The third kappa shape index (κ3) is 6.33. The van der Waals surface area contributed by atoms with Crippen LogP contribution < -0.4 is 0 Å². The van der Waals surface area contributed by atoms with Gasteiger partial charge in [0, 0.05) is 12.3 Å². The molecule has 0 amide bonds. The normalized spacial score (nSPS) is 9.07. The maximum atomic E-state index is 11.5. The Morgan fingerprint density at radius 2 is 2.40 bits per heavy atom. The summed E-state index contributed by atoms with van der Waals surface area (Å²) in [5, 5.41) is 5.52. The van der Waals surface area contributed by atoms with Crippen molar-refractivity contribution in [2.45, 2.75) is 6.43 Å². The van der Waals surface area contributed by atoms with Crippen LogP contribution in [0, 0.1) is 0 Å². The van der Waals surface area contributed by atoms with Gasteiger partial charge in [0.05, 0.1) is 7.11 Å². The molecule has 5 nitrogen and oxygen atoms in total. The number of halogens is 2. The van der Waals surface area contributed by atoms with Crippen molar-refractivity contribution in [3.63, 3.8) is 0 Å². The smallest absolute Gasteiger partial charge is 0.294 e. The largest absolute Gasteiger partial charge is 0.365 e. The number of H-pyrrole nitrogens is 1. The molecule has 0 aliphatic heterocycles. The lowest BCUT2D eigenvalue weighted by Gasteiger charge is -1.88. The lowest BCUT2D eigenvalue weighted by molar-refractivity contribution is -0.249. The number of carbonyl (C=O) groups is 1. The van der Waals surface area contributed by atoms with Crippen molar-refractivity contribution in [3.05, 3.63) is 30.6 Å². The summed E-state index contributed by atoms with van der Waals surface area (Å²) in [4.78, 5) is 17.9. The van der Waals surface area contributed by atoms with E-state index in [4.69, 9.17) is 0 Å². The van der Waals surface area contributed by atoms with Crippen LogP contribution in [0.25, 0.3) is 0 Å². The molecule has 0 aliphatic rings. The van der Waals surface area contributed by atoms with Crippen molar-refractivity contribution >= 4 is 5.97 Å². The molecule has 0 saturated carbocycles. The third-order valence-electron chi connectivity index (χ3n) is 1.08. The molecule has 0 bridgehead atoms. The first-order valence-corrected chi connectivity index (χ1v) is 3.76. The van der Waals surface area contributed by atoms with E-state index < -0.39 is 12.4 Å². The highest BCUT2D eigenvalue weighted by Crippen LogP contribution is 2.13. The van der Waals surface area contributed by atoms with Crippen LogP contribution in [-0.4, -0.2) is 23.3 Å². The van der Waals surface area contributed by atoms with Gasteiger partial charge in [-0.15, -0.1) is 0 Å². The molecule has 1 heterocycles. The molecule has 0 radical (unpaired) electrons. The van der Waals surface area contributed by atoms with Gasteiger partial charge in [-0.05, 0) is 6.07 Å². The van der Waals surface area contributed by atoms with Gasteiger partial charge in [-0.1, -0.05) is 6.58 Å². The zero-order valence-corrected chi connectivity index (χ0v) is 7.94. The van der Waals surface area contributed by atoms with E-state index in [2.05, 4.69) is 26.6 Å². The first-order chi connectivity index (χ1) is 7.11. The number of hydrogen-bond donors (Lipinski definition) is 1. The first-order valence-electron chi connectivity index (χ1n) is 3.76. The fourth-order valence-corrected chi connectivity index (χ4v) is 0.509. The average Bonchev–Trinajstić information content (AvgIpc) is 2.72. The van der Waals surface area contributed by atoms with Crippen LogP contribution in [0.4, 0.5) is 8.78 Å². The molecule has 0 atom stereocenters. The van der Waals surface area contributed by atoms with Gasteiger partial charge >= 0.3 is 5.97 Å². The average molecular weight is 220 g/mol. The predicted octanol–water partition coefficient (Wildman–Crippen LogP) is 1.62. The van der Waals surface area contributed by atoms with Crippen LogP contribution in [0.3, 0.4) is 0 Å². The summed E-state index contributed by atoms with van der Waals surface area (Å²) < 4.78 is 23.0. The number of alkyl halides is 2. The molecule has 1 N–H and O–H groups in total. The Labute approximate surface area is 84.6 Å². The second-order valence-electron chi connectivity index (χ2n) is 2.07. The highest BCUT2D eigenvalue weighted by molar-refractivity contribution is 5.80. The van der Waals surface area contributed by atoms with Gasteiger partial charge < -0.3 is 0 Å². The van der Waals surface area contributed by atoms with E-state index in [9.17, 15) is 13.6 Å². The van der Waals surface area contributed by atoms with Gasteiger partial charge in [-0.2, -0.15) is 9.99 Å². The lowest BCUT2D eigenvalue weighted by atomic mass is 10.5. The Hall–Kier alpha value is -1.76. The minimum absolute atomic E-state index is 0.204. The summed E-state index contributed by atoms with van der Waals surface area (Å²) in [5.74, 6) is -0.581. The molecule has 0 saturated heterocycles. The Bertz CT molecular complexity index is 288. The lowest BCUT2D eigenvalue weighted by Crippen LogP contribution is -1.96. The van der Waals surface area contributed by atoms with E-state index in [1.54, 1.807) is 0 Å². The molecule has 1 aromatic heterocycles. The van der Waals surface area contributed by atoms with E-state index in [0.29, 0.717) is 0 Å². The van der Waals surface area contributed by atoms with Crippen LogP contribution in [0.5, 0.6) is 0 Å². The fourth-order valence-electron chi connectivity index (χ4n) is 0.509. The Balaban J connectivity index is 0.000000265. The maximum Gasteiger partial charge on any atom is 0.365 e. The van der Waals surface area contributed by atoms with Crippen molar-refractivity contribution < 1.29 is 23.4 Å². The minimum atomic E-state index is -2.46. The van der Waals surface area contributed by atoms with Crippen molar-refractivity contribution in [3.8, 4) is 0 Å². The molecule has 15 heavy (non-hydrogen) atoms. The standard InChI is InChI=1S/C4H4F2N2.C4H6O3/c5-4(6)3-1-2-7-8-3;1-3-4(5)7-6-2/h1-2,4H,(H,7,8);3H,1H2,2H3. The topological polar surface area (TPSA) is 64.2 Å². The van der Waals surface area contributed by atoms with Crippen LogP contribution in [0.15, 0.2) is 24.9 Å². The van der Waals surface area contributed by atoms with Gasteiger partial charge in [-0.25, -0.2) is 13.6 Å². The van der Waals surface area contributed by atoms with Gasteiger partial charge in [0.15, 0.2) is 0 Å². The summed E-state index contributed by atoms with van der Waals surface area (Å²) in [6.07, 6.45) is -0.0772. The van der Waals surface area contributed by atoms with E-state index in [1.165, 1.54) is 19.4 Å². The molecule has 0 spiro atoms. The molecular formula is C8H10F2N2O3. The van der Waals surface area contributed by atoms with Crippen LogP contribution in [0.1, 0.15) is 12.1 Å².